The summed E-state index contributed by atoms with van der Waals surface area (Å²) in [7, 11) is -2.04. The predicted octanol–water partition coefficient (Wildman–Crippen LogP) is 1.73. The standard InChI is InChI=1S/C12H21N3O2S2/c1-14-19(16,17)10-5-6-11(13)12(9-10)15-7-3-4-8-18-2/h5-6,9,14-15H,3-4,7-8,13H2,1-2H3. The number of hydrogen-bond donors (Lipinski definition) is 3. The average molecular weight is 303 g/mol. The summed E-state index contributed by atoms with van der Waals surface area (Å²) in [5, 5.41) is 3.18. The van der Waals surface area contributed by atoms with Crippen LogP contribution in [0.25, 0.3) is 0 Å². The number of rotatable bonds is 8. The van der Waals surface area contributed by atoms with Gasteiger partial charge in [-0.15, -0.1) is 0 Å². The molecule has 1 aromatic carbocycles. The largest absolute Gasteiger partial charge is 0.397 e. The van der Waals surface area contributed by atoms with Crippen LogP contribution >= 0.6 is 11.8 Å². The van der Waals surface area contributed by atoms with Crippen molar-refractivity contribution in [1.82, 2.24) is 4.72 Å². The van der Waals surface area contributed by atoms with Crippen molar-refractivity contribution in [3.05, 3.63) is 18.2 Å². The molecule has 1 aromatic rings. The zero-order valence-electron chi connectivity index (χ0n) is 11.3. The number of benzene rings is 1. The van der Waals surface area contributed by atoms with Gasteiger partial charge in [0.05, 0.1) is 16.3 Å². The molecule has 19 heavy (non-hydrogen) atoms. The van der Waals surface area contributed by atoms with Crippen LogP contribution in [-0.4, -0.2) is 34.0 Å². The van der Waals surface area contributed by atoms with Gasteiger partial charge in [0.1, 0.15) is 0 Å². The third-order valence-corrected chi connectivity index (χ3v) is 4.80. The van der Waals surface area contributed by atoms with Gasteiger partial charge in [-0.05, 0) is 50.1 Å². The molecule has 0 aliphatic carbocycles. The Morgan fingerprint density at radius 2 is 2.05 bits per heavy atom. The minimum Gasteiger partial charge on any atom is -0.397 e. The van der Waals surface area contributed by atoms with E-state index in [1.54, 1.807) is 12.1 Å². The van der Waals surface area contributed by atoms with Gasteiger partial charge in [-0.3, -0.25) is 0 Å². The summed E-state index contributed by atoms with van der Waals surface area (Å²) in [6.45, 7) is 0.786. The van der Waals surface area contributed by atoms with Gasteiger partial charge in [-0.1, -0.05) is 0 Å². The molecule has 0 saturated carbocycles. The highest BCUT2D eigenvalue weighted by atomic mass is 32.2. The molecule has 5 nitrogen and oxygen atoms in total. The number of anilines is 2. The van der Waals surface area contributed by atoms with E-state index in [1.807, 2.05) is 11.8 Å². The number of nitrogens with two attached hydrogens (primary N) is 1. The normalized spacial score (nSPS) is 11.5. The van der Waals surface area contributed by atoms with E-state index in [0.717, 1.165) is 25.1 Å². The molecule has 0 fully saturated rings. The molecule has 0 saturated heterocycles. The van der Waals surface area contributed by atoms with Crippen LogP contribution in [0.1, 0.15) is 12.8 Å². The lowest BCUT2D eigenvalue weighted by molar-refractivity contribution is 0.588. The molecule has 0 heterocycles. The Morgan fingerprint density at radius 3 is 2.68 bits per heavy atom. The molecule has 0 aliphatic heterocycles. The highest BCUT2D eigenvalue weighted by molar-refractivity contribution is 7.98. The van der Waals surface area contributed by atoms with Crippen molar-refractivity contribution < 1.29 is 8.42 Å². The average Bonchev–Trinajstić information content (AvgIpc) is 2.40. The SMILES string of the molecule is CNS(=O)(=O)c1ccc(N)c(NCCCCSC)c1. The van der Waals surface area contributed by atoms with E-state index >= 15 is 0 Å². The van der Waals surface area contributed by atoms with Gasteiger partial charge in [0.25, 0.3) is 0 Å². The van der Waals surface area contributed by atoms with Crippen molar-refractivity contribution in [1.29, 1.82) is 0 Å². The second kappa shape index (κ2) is 7.62. The van der Waals surface area contributed by atoms with E-state index in [0.29, 0.717) is 11.4 Å². The van der Waals surface area contributed by atoms with Crippen molar-refractivity contribution in [3.8, 4) is 0 Å². The first-order valence-corrected chi connectivity index (χ1v) is 8.95. The number of nitrogens with one attached hydrogen (secondary N) is 2. The number of nitrogen functional groups attached to an aromatic ring is 1. The van der Waals surface area contributed by atoms with Crippen LogP contribution in [0.4, 0.5) is 11.4 Å². The van der Waals surface area contributed by atoms with E-state index in [9.17, 15) is 8.42 Å². The monoisotopic (exact) mass is 303 g/mol. The molecule has 0 atom stereocenters. The van der Waals surface area contributed by atoms with E-state index in [1.165, 1.54) is 13.1 Å². The van der Waals surface area contributed by atoms with Gasteiger partial charge < -0.3 is 11.1 Å². The van der Waals surface area contributed by atoms with E-state index in [2.05, 4.69) is 16.3 Å². The van der Waals surface area contributed by atoms with Gasteiger partial charge in [-0.2, -0.15) is 11.8 Å². The zero-order valence-corrected chi connectivity index (χ0v) is 12.9. The summed E-state index contributed by atoms with van der Waals surface area (Å²) in [6, 6.07) is 4.67. The second-order valence-electron chi connectivity index (χ2n) is 4.08. The molecule has 1 rings (SSSR count). The number of hydrogen-bond acceptors (Lipinski definition) is 5. The highest BCUT2D eigenvalue weighted by Gasteiger charge is 2.12. The quantitative estimate of drug-likeness (QED) is 0.503. The van der Waals surface area contributed by atoms with Crippen molar-refractivity contribution in [2.45, 2.75) is 17.7 Å². The van der Waals surface area contributed by atoms with Crippen molar-refractivity contribution in [2.24, 2.45) is 0 Å². The molecular weight excluding hydrogens is 282 g/mol. The van der Waals surface area contributed by atoms with Crippen molar-refractivity contribution >= 4 is 33.2 Å². The highest BCUT2D eigenvalue weighted by Crippen LogP contribution is 2.22. The Bertz CT molecular complexity index is 504. The predicted molar refractivity (Wildman–Crippen MR) is 83.2 cm³/mol. The van der Waals surface area contributed by atoms with E-state index in [4.69, 9.17) is 5.73 Å². The van der Waals surface area contributed by atoms with Crippen LogP contribution in [-0.2, 0) is 10.0 Å². The molecular formula is C12H21N3O2S2. The first-order chi connectivity index (χ1) is 9.01. The van der Waals surface area contributed by atoms with Crippen molar-refractivity contribution in [3.63, 3.8) is 0 Å². The minimum atomic E-state index is -3.43. The summed E-state index contributed by atoms with van der Waals surface area (Å²) in [6.07, 6.45) is 4.24. The van der Waals surface area contributed by atoms with Crippen LogP contribution in [0.2, 0.25) is 0 Å². The Balaban J connectivity index is 2.70. The Hall–Kier alpha value is -0.920. The molecule has 4 N–H and O–H groups in total. The first-order valence-electron chi connectivity index (χ1n) is 6.07. The molecule has 0 spiro atoms. The number of thioether (sulfide) groups is 1. The van der Waals surface area contributed by atoms with Gasteiger partial charge in [0.2, 0.25) is 10.0 Å². The third-order valence-electron chi connectivity index (χ3n) is 2.69. The third kappa shape index (κ3) is 4.93. The lowest BCUT2D eigenvalue weighted by Gasteiger charge is -2.11. The van der Waals surface area contributed by atoms with Crippen LogP contribution in [0.3, 0.4) is 0 Å². The fourth-order valence-corrected chi connectivity index (χ4v) is 2.82. The molecule has 0 amide bonds. The summed E-state index contributed by atoms with van der Waals surface area (Å²) in [5.74, 6) is 1.13. The Labute approximate surface area is 119 Å². The van der Waals surface area contributed by atoms with Crippen LogP contribution < -0.4 is 15.8 Å². The summed E-state index contributed by atoms with van der Waals surface area (Å²) in [4.78, 5) is 0.218. The molecule has 0 aromatic heterocycles. The Morgan fingerprint density at radius 1 is 1.32 bits per heavy atom. The molecule has 7 heteroatoms. The molecule has 108 valence electrons. The number of sulfonamides is 1. The second-order valence-corrected chi connectivity index (χ2v) is 6.96. The van der Waals surface area contributed by atoms with E-state index < -0.39 is 10.0 Å². The molecule has 0 aliphatic rings. The Kier molecular flexibility index (Phi) is 6.47. The maximum absolute atomic E-state index is 11.7. The van der Waals surface area contributed by atoms with Gasteiger partial charge in [0.15, 0.2) is 0 Å². The topological polar surface area (TPSA) is 84.2 Å². The number of unbranched alkanes of at least 4 members (excludes halogenated alkanes) is 1. The van der Waals surface area contributed by atoms with Crippen LogP contribution in [0.15, 0.2) is 23.1 Å². The lowest BCUT2D eigenvalue weighted by atomic mass is 10.2. The van der Waals surface area contributed by atoms with Gasteiger partial charge >= 0.3 is 0 Å². The minimum absolute atomic E-state index is 0.218. The fourth-order valence-electron chi connectivity index (χ4n) is 1.57. The fraction of sp³-hybridized carbons (Fsp3) is 0.500. The van der Waals surface area contributed by atoms with Crippen molar-refractivity contribution in [2.75, 3.05) is 36.7 Å². The van der Waals surface area contributed by atoms with Gasteiger partial charge in [0, 0.05) is 6.54 Å². The summed E-state index contributed by atoms with van der Waals surface area (Å²) >= 11 is 1.82. The lowest BCUT2D eigenvalue weighted by Crippen LogP contribution is -2.19. The van der Waals surface area contributed by atoms with Crippen LogP contribution in [0, 0.1) is 0 Å². The zero-order chi connectivity index (χ0) is 14.3. The molecule has 0 radical (unpaired) electrons. The first kappa shape index (κ1) is 16.1. The molecule has 0 unspecified atom stereocenters. The summed E-state index contributed by atoms with van der Waals surface area (Å²) < 4.78 is 25.7. The van der Waals surface area contributed by atoms with Crippen LogP contribution in [0.5, 0.6) is 0 Å². The molecule has 0 bridgehead atoms. The van der Waals surface area contributed by atoms with Gasteiger partial charge in [-0.25, -0.2) is 13.1 Å². The maximum atomic E-state index is 11.7. The smallest absolute Gasteiger partial charge is 0.240 e. The maximum Gasteiger partial charge on any atom is 0.240 e. The van der Waals surface area contributed by atoms with E-state index in [-0.39, 0.29) is 4.90 Å². The summed E-state index contributed by atoms with van der Waals surface area (Å²) in [5.41, 5.74) is 7.06.